The largest absolute Gasteiger partial charge is 0.492 e. The van der Waals surface area contributed by atoms with Crippen LogP contribution in [0.15, 0.2) is 71.1 Å². The number of nitrogens with zero attached hydrogens (tertiary/aromatic N) is 2. The van der Waals surface area contributed by atoms with Crippen LogP contribution in [0.5, 0.6) is 5.75 Å². The lowest BCUT2D eigenvalue weighted by atomic mass is 10.1. The van der Waals surface area contributed by atoms with Gasteiger partial charge in [-0.15, -0.1) is 11.3 Å². The van der Waals surface area contributed by atoms with Crippen molar-refractivity contribution in [3.63, 3.8) is 0 Å². The van der Waals surface area contributed by atoms with Crippen molar-refractivity contribution in [1.82, 2.24) is 9.55 Å². The summed E-state index contributed by atoms with van der Waals surface area (Å²) in [5, 5.41) is 3.27. The third-order valence-corrected chi connectivity index (χ3v) is 5.20. The number of benzene rings is 2. The van der Waals surface area contributed by atoms with E-state index in [-0.39, 0.29) is 5.56 Å². The molecule has 0 aliphatic carbocycles. The fourth-order valence-electron chi connectivity index (χ4n) is 2.75. The number of ether oxygens (including phenoxy) is 1. The molecule has 6 heteroatoms. The van der Waals surface area contributed by atoms with E-state index in [0.717, 1.165) is 21.7 Å². The lowest BCUT2D eigenvalue weighted by Gasteiger charge is -2.08. The number of hydrogen-bond donors (Lipinski definition) is 0. The maximum atomic E-state index is 12.9. The zero-order chi connectivity index (χ0) is 17.9. The molecule has 0 amide bonds. The van der Waals surface area contributed by atoms with Gasteiger partial charge in [-0.2, -0.15) is 0 Å². The first-order chi connectivity index (χ1) is 12.7. The first-order valence-corrected chi connectivity index (χ1v) is 9.38. The van der Waals surface area contributed by atoms with Crippen LogP contribution in [0.2, 0.25) is 5.02 Å². The molecule has 0 unspecified atom stereocenters. The van der Waals surface area contributed by atoms with Gasteiger partial charge >= 0.3 is 0 Å². The summed E-state index contributed by atoms with van der Waals surface area (Å²) in [6, 6.07) is 17.0. The second-order valence-corrected chi connectivity index (χ2v) is 7.04. The van der Waals surface area contributed by atoms with Gasteiger partial charge < -0.3 is 4.74 Å². The minimum atomic E-state index is -0.0575. The molecule has 0 fully saturated rings. The van der Waals surface area contributed by atoms with E-state index in [4.69, 9.17) is 16.3 Å². The normalized spacial score (nSPS) is 11.0. The van der Waals surface area contributed by atoms with Gasteiger partial charge in [0.15, 0.2) is 0 Å². The van der Waals surface area contributed by atoms with Crippen LogP contribution in [0, 0.1) is 0 Å². The van der Waals surface area contributed by atoms with Crippen LogP contribution in [0.1, 0.15) is 0 Å². The summed E-state index contributed by atoms with van der Waals surface area (Å²) < 4.78 is 7.28. The van der Waals surface area contributed by atoms with Crippen LogP contribution in [0.25, 0.3) is 21.3 Å². The molecule has 0 spiro atoms. The molecule has 0 aliphatic rings. The van der Waals surface area contributed by atoms with E-state index in [1.165, 1.54) is 11.3 Å². The van der Waals surface area contributed by atoms with Gasteiger partial charge in [-0.25, -0.2) is 4.98 Å². The quantitative estimate of drug-likeness (QED) is 0.495. The number of fused-ring (bicyclic) bond motifs is 1. The number of hydrogen-bond acceptors (Lipinski definition) is 4. The Balaban J connectivity index is 1.62. The second kappa shape index (κ2) is 7.32. The summed E-state index contributed by atoms with van der Waals surface area (Å²) in [5.74, 6) is 0.784. The highest BCUT2D eigenvalue weighted by Gasteiger charge is 2.13. The molecule has 2 heterocycles. The van der Waals surface area contributed by atoms with E-state index in [1.54, 1.807) is 10.9 Å². The first kappa shape index (κ1) is 16.8. The molecule has 0 atom stereocenters. The van der Waals surface area contributed by atoms with Gasteiger partial charge in [0.2, 0.25) is 0 Å². The maximum absolute atomic E-state index is 12.9. The molecule has 0 N–H and O–H groups in total. The Bertz CT molecular complexity index is 1090. The third kappa shape index (κ3) is 3.36. The van der Waals surface area contributed by atoms with Crippen molar-refractivity contribution in [2.24, 2.45) is 0 Å². The summed E-state index contributed by atoms with van der Waals surface area (Å²) in [4.78, 5) is 18.1. The fourth-order valence-corrected chi connectivity index (χ4v) is 3.78. The molecule has 130 valence electrons. The van der Waals surface area contributed by atoms with E-state index < -0.39 is 0 Å². The third-order valence-electron chi connectivity index (χ3n) is 4.06. The smallest absolute Gasteiger partial charge is 0.262 e. The zero-order valence-electron chi connectivity index (χ0n) is 13.8. The van der Waals surface area contributed by atoms with E-state index in [0.29, 0.717) is 23.6 Å². The van der Waals surface area contributed by atoms with Gasteiger partial charge in [0.25, 0.3) is 5.56 Å². The fraction of sp³-hybridized carbons (Fsp3) is 0.100. The number of aromatic nitrogens is 2. The van der Waals surface area contributed by atoms with Crippen molar-refractivity contribution in [3.05, 3.63) is 81.7 Å². The first-order valence-electron chi connectivity index (χ1n) is 8.13. The van der Waals surface area contributed by atoms with E-state index in [2.05, 4.69) is 4.98 Å². The second-order valence-electron chi connectivity index (χ2n) is 5.74. The lowest BCUT2D eigenvalue weighted by molar-refractivity contribution is 0.296. The molecule has 0 radical (unpaired) electrons. The molecular formula is C20H15ClN2O2S. The molecule has 0 aliphatic heterocycles. The highest BCUT2D eigenvalue weighted by Crippen LogP contribution is 2.31. The molecule has 4 rings (SSSR count). The van der Waals surface area contributed by atoms with Crippen LogP contribution >= 0.6 is 22.9 Å². The Labute approximate surface area is 159 Å². The van der Waals surface area contributed by atoms with Gasteiger partial charge in [-0.3, -0.25) is 9.36 Å². The highest BCUT2D eigenvalue weighted by atomic mass is 35.5. The molecule has 0 saturated carbocycles. The van der Waals surface area contributed by atoms with Crippen molar-refractivity contribution >= 4 is 33.2 Å². The molecule has 2 aromatic heterocycles. The van der Waals surface area contributed by atoms with Gasteiger partial charge in [0, 0.05) is 16.0 Å². The molecule has 0 bridgehead atoms. The van der Waals surface area contributed by atoms with Crippen molar-refractivity contribution < 1.29 is 4.74 Å². The highest BCUT2D eigenvalue weighted by molar-refractivity contribution is 7.17. The van der Waals surface area contributed by atoms with E-state index in [1.807, 2.05) is 60.0 Å². The van der Waals surface area contributed by atoms with E-state index in [9.17, 15) is 4.79 Å². The van der Waals surface area contributed by atoms with Crippen molar-refractivity contribution in [2.45, 2.75) is 6.54 Å². The number of rotatable bonds is 5. The molecule has 4 aromatic rings. The van der Waals surface area contributed by atoms with Crippen LogP contribution in [0.4, 0.5) is 0 Å². The van der Waals surface area contributed by atoms with Crippen molar-refractivity contribution in [1.29, 1.82) is 0 Å². The summed E-state index contributed by atoms with van der Waals surface area (Å²) in [6.45, 7) is 0.837. The average molecular weight is 383 g/mol. The Morgan fingerprint density at radius 3 is 2.62 bits per heavy atom. The summed E-state index contributed by atoms with van der Waals surface area (Å²) in [7, 11) is 0. The van der Waals surface area contributed by atoms with Crippen LogP contribution in [-0.4, -0.2) is 16.2 Å². The summed E-state index contributed by atoms with van der Waals surface area (Å²) in [6.07, 6.45) is 1.58. The average Bonchev–Trinajstić information content (AvgIpc) is 3.10. The van der Waals surface area contributed by atoms with Gasteiger partial charge in [-0.1, -0.05) is 41.9 Å². The standard InChI is InChI=1S/C20H15ClN2O2S/c21-15-8-6-14(7-9-15)17-12-26-19-18(17)20(24)23(13-22-19)10-11-25-16-4-2-1-3-5-16/h1-9,12-13H,10-11H2. The minimum absolute atomic E-state index is 0.0575. The molecular weight excluding hydrogens is 368 g/mol. The minimum Gasteiger partial charge on any atom is -0.492 e. The Morgan fingerprint density at radius 2 is 1.85 bits per heavy atom. The van der Waals surface area contributed by atoms with Crippen molar-refractivity contribution in [3.8, 4) is 16.9 Å². The predicted molar refractivity (Wildman–Crippen MR) is 106 cm³/mol. The zero-order valence-corrected chi connectivity index (χ0v) is 15.3. The van der Waals surface area contributed by atoms with E-state index >= 15 is 0 Å². The monoisotopic (exact) mass is 382 g/mol. The molecule has 26 heavy (non-hydrogen) atoms. The Morgan fingerprint density at radius 1 is 1.08 bits per heavy atom. The molecule has 2 aromatic carbocycles. The molecule has 4 nitrogen and oxygen atoms in total. The summed E-state index contributed by atoms with van der Waals surface area (Å²) in [5.41, 5.74) is 1.79. The van der Waals surface area contributed by atoms with Crippen LogP contribution in [0.3, 0.4) is 0 Å². The lowest BCUT2D eigenvalue weighted by Crippen LogP contribution is -2.23. The number of thiophene rings is 1. The maximum Gasteiger partial charge on any atom is 0.262 e. The van der Waals surface area contributed by atoms with Gasteiger partial charge in [0.05, 0.1) is 18.3 Å². The Kier molecular flexibility index (Phi) is 4.73. The van der Waals surface area contributed by atoms with Crippen molar-refractivity contribution in [2.75, 3.05) is 6.61 Å². The topological polar surface area (TPSA) is 44.1 Å². The van der Waals surface area contributed by atoms with Gasteiger partial charge in [0.1, 0.15) is 17.2 Å². The van der Waals surface area contributed by atoms with Crippen LogP contribution in [-0.2, 0) is 6.54 Å². The number of para-hydroxylation sites is 1. The molecule has 0 saturated heterocycles. The SMILES string of the molecule is O=c1c2c(-c3ccc(Cl)cc3)csc2ncn1CCOc1ccccc1. The Hall–Kier alpha value is -2.63. The predicted octanol–water partition coefficient (Wildman–Crippen LogP) is 4.86. The number of halogens is 1. The van der Waals surface area contributed by atoms with Gasteiger partial charge in [-0.05, 0) is 29.8 Å². The van der Waals surface area contributed by atoms with Crippen LogP contribution < -0.4 is 10.3 Å². The summed E-state index contributed by atoms with van der Waals surface area (Å²) >= 11 is 7.43.